The van der Waals surface area contributed by atoms with E-state index in [1.165, 1.54) is 6.08 Å². The van der Waals surface area contributed by atoms with Crippen LogP contribution in [-0.4, -0.2) is 12.1 Å². The highest BCUT2D eigenvalue weighted by Gasteiger charge is 2.13. The third-order valence-electron chi connectivity index (χ3n) is 1.47. The van der Waals surface area contributed by atoms with Crippen molar-refractivity contribution in [3.8, 4) is 0 Å². The van der Waals surface area contributed by atoms with Gasteiger partial charge in [0.15, 0.2) is 0 Å². The van der Waals surface area contributed by atoms with E-state index in [0.717, 1.165) is 6.42 Å². The molecule has 0 aromatic rings. The summed E-state index contributed by atoms with van der Waals surface area (Å²) in [7, 11) is 0. The van der Waals surface area contributed by atoms with Gasteiger partial charge in [0.1, 0.15) is 6.10 Å². The zero-order chi connectivity index (χ0) is 8.85. The summed E-state index contributed by atoms with van der Waals surface area (Å²) in [6.07, 6.45) is 1.88. The molecule has 2 heteroatoms. The van der Waals surface area contributed by atoms with Gasteiger partial charge in [-0.05, 0) is 19.3 Å². The highest BCUT2D eigenvalue weighted by Crippen LogP contribution is 2.09. The Hall–Kier alpha value is -0.790. The molecular formula is C9H15O2. The molecule has 0 aromatic carbocycles. The van der Waals surface area contributed by atoms with Crippen molar-refractivity contribution in [3.63, 3.8) is 0 Å². The smallest absolute Gasteiger partial charge is 0.330 e. The Kier molecular flexibility index (Phi) is 4.59. The Morgan fingerprint density at radius 2 is 2.27 bits per heavy atom. The lowest BCUT2D eigenvalue weighted by molar-refractivity contribution is -0.144. The molecule has 0 amide bonds. The fourth-order valence-corrected chi connectivity index (χ4v) is 0.799. The molecule has 11 heavy (non-hydrogen) atoms. The van der Waals surface area contributed by atoms with E-state index in [2.05, 4.69) is 13.5 Å². The Morgan fingerprint density at radius 3 is 2.55 bits per heavy atom. The number of hydrogen-bond donors (Lipinski definition) is 0. The molecule has 1 radical (unpaired) electrons. The maximum absolute atomic E-state index is 10.7. The van der Waals surface area contributed by atoms with Crippen molar-refractivity contribution in [2.75, 3.05) is 0 Å². The van der Waals surface area contributed by atoms with E-state index in [1.807, 2.05) is 13.8 Å². The molecule has 0 N–H and O–H groups in total. The minimum absolute atomic E-state index is 0.0829. The van der Waals surface area contributed by atoms with Crippen LogP contribution in [0.5, 0.6) is 0 Å². The van der Waals surface area contributed by atoms with Crippen molar-refractivity contribution in [3.05, 3.63) is 19.6 Å². The van der Waals surface area contributed by atoms with Crippen LogP contribution in [0, 0.1) is 12.8 Å². The normalized spacial score (nSPS) is 12.7. The fourth-order valence-electron chi connectivity index (χ4n) is 0.799. The summed E-state index contributed by atoms with van der Waals surface area (Å²) in [6, 6.07) is 0. The monoisotopic (exact) mass is 155 g/mol. The van der Waals surface area contributed by atoms with E-state index in [4.69, 9.17) is 4.74 Å². The lowest BCUT2D eigenvalue weighted by atomic mass is 10.1. The molecule has 0 heterocycles. The van der Waals surface area contributed by atoms with Gasteiger partial charge in [-0.2, -0.15) is 0 Å². The zero-order valence-electron chi connectivity index (χ0n) is 7.17. The maximum atomic E-state index is 10.7. The first-order chi connectivity index (χ1) is 5.11. The van der Waals surface area contributed by atoms with Crippen LogP contribution < -0.4 is 0 Å². The Morgan fingerprint density at radius 1 is 1.73 bits per heavy atom. The number of carbonyl (C=O) groups excluding carboxylic acids is 1. The molecule has 2 nitrogen and oxygen atoms in total. The molecule has 0 aromatic heterocycles. The van der Waals surface area contributed by atoms with E-state index in [1.54, 1.807) is 0 Å². The van der Waals surface area contributed by atoms with E-state index >= 15 is 0 Å². The SMILES string of the molecule is [CH2]C(C)C(CC)OC(=O)C=C. The largest absolute Gasteiger partial charge is 0.459 e. The number of rotatable bonds is 4. The van der Waals surface area contributed by atoms with Gasteiger partial charge in [-0.25, -0.2) is 4.79 Å². The van der Waals surface area contributed by atoms with Crippen LogP contribution in [0.25, 0.3) is 0 Å². The molecule has 0 spiro atoms. The van der Waals surface area contributed by atoms with Gasteiger partial charge in [0.2, 0.25) is 0 Å². The summed E-state index contributed by atoms with van der Waals surface area (Å²) in [5, 5.41) is 0. The molecule has 0 saturated heterocycles. The van der Waals surface area contributed by atoms with Crippen LogP contribution in [0.4, 0.5) is 0 Å². The lowest BCUT2D eigenvalue weighted by Crippen LogP contribution is -2.21. The fraction of sp³-hybridized carbons (Fsp3) is 0.556. The third kappa shape index (κ3) is 3.81. The summed E-state index contributed by atoms with van der Waals surface area (Å²) < 4.78 is 4.99. The standard InChI is InChI=1S/C9H15O2/c1-5-8(7(3)4)11-9(10)6-2/h6-8H,2-3,5H2,1,4H3. The molecule has 0 bridgehead atoms. The van der Waals surface area contributed by atoms with Crippen LogP contribution in [0.3, 0.4) is 0 Å². The molecule has 2 unspecified atom stereocenters. The first-order valence-electron chi connectivity index (χ1n) is 3.78. The summed E-state index contributed by atoms with van der Waals surface area (Å²) in [4.78, 5) is 10.7. The van der Waals surface area contributed by atoms with E-state index in [-0.39, 0.29) is 18.0 Å². The minimum atomic E-state index is -0.368. The summed E-state index contributed by atoms with van der Waals surface area (Å²) in [5.41, 5.74) is 0. The maximum Gasteiger partial charge on any atom is 0.330 e. The van der Waals surface area contributed by atoms with Crippen molar-refractivity contribution in [1.29, 1.82) is 0 Å². The number of carbonyl (C=O) groups is 1. The van der Waals surface area contributed by atoms with Gasteiger partial charge >= 0.3 is 5.97 Å². The Bertz CT molecular complexity index is 138. The first kappa shape index (κ1) is 10.2. The predicted molar refractivity (Wildman–Crippen MR) is 44.9 cm³/mol. The van der Waals surface area contributed by atoms with Crippen LogP contribution in [0.15, 0.2) is 12.7 Å². The number of hydrogen-bond acceptors (Lipinski definition) is 2. The van der Waals surface area contributed by atoms with Crippen LogP contribution in [0.1, 0.15) is 20.3 Å². The van der Waals surface area contributed by atoms with Crippen molar-refractivity contribution < 1.29 is 9.53 Å². The zero-order valence-corrected chi connectivity index (χ0v) is 7.17. The first-order valence-corrected chi connectivity index (χ1v) is 3.78. The number of esters is 1. The van der Waals surface area contributed by atoms with E-state index < -0.39 is 0 Å². The highest BCUT2D eigenvalue weighted by atomic mass is 16.5. The summed E-state index contributed by atoms with van der Waals surface area (Å²) >= 11 is 0. The van der Waals surface area contributed by atoms with Crippen molar-refractivity contribution in [2.45, 2.75) is 26.4 Å². The van der Waals surface area contributed by atoms with Gasteiger partial charge in [0.05, 0.1) is 0 Å². The van der Waals surface area contributed by atoms with E-state index in [0.29, 0.717) is 0 Å². The second kappa shape index (κ2) is 4.94. The molecular weight excluding hydrogens is 140 g/mol. The molecule has 0 saturated carbocycles. The van der Waals surface area contributed by atoms with Crippen molar-refractivity contribution in [1.82, 2.24) is 0 Å². The number of ether oxygens (including phenoxy) is 1. The van der Waals surface area contributed by atoms with Gasteiger partial charge < -0.3 is 4.74 Å². The third-order valence-corrected chi connectivity index (χ3v) is 1.47. The highest BCUT2D eigenvalue weighted by molar-refractivity contribution is 5.81. The van der Waals surface area contributed by atoms with Crippen LogP contribution in [-0.2, 0) is 9.53 Å². The molecule has 0 fully saturated rings. The minimum Gasteiger partial charge on any atom is -0.459 e. The topological polar surface area (TPSA) is 26.3 Å². The average Bonchev–Trinajstić information content (AvgIpc) is 1.99. The van der Waals surface area contributed by atoms with Gasteiger partial charge in [-0.3, -0.25) is 0 Å². The molecule has 0 aliphatic heterocycles. The van der Waals surface area contributed by atoms with E-state index in [9.17, 15) is 4.79 Å². The quantitative estimate of drug-likeness (QED) is 0.458. The second-order valence-electron chi connectivity index (χ2n) is 2.56. The van der Waals surface area contributed by atoms with Crippen molar-refractivity contribution in [2.24, 2.45) is 5.92 Å². The van der Waals surface area contributed by atoms with Crippen LogP contribution >= 0.6 is 0 Å². The van der Waals surface area contributed by atoms with Gasteiger partial charge in [-0.15, -0.1) is 0 Å². The lowest BCUT2D eigenvalue weighted by Gasteiger charge is -2.18. The second-order valence-corrected chi connectivity index (χ2v) is 2.56. The molecule has 0 aliphatic rings. The van der Waals surface area contributed by atoms with Gasteiger partial charge in [-0.1, -0.05) is 20.4 Å². The molecule has 0 rings (SSSR count). The van der Waals surface area contributed by atoms with Crippen LogP contribution in [0.2, 0.25) is 0 Å². The average molecular weight is 155 g/mol. The van der Waals surface area contributed by atoms with Gasteiger partial charge in [0.25, 0.3) is 0 Å². The van der Waals surface area contributed by atoms with Crippen molar-refractivity contribution >= 4 is 5.97 Å². The predicted octanol–water partition coefficient (Wildman–Crippen LogP) is 1.96. The summed E-state index contributed by atoms with van der Waals surface area (Å²) in [6.45, 7) is 11.0. The summed E-state index contributed by atoms with van der Waals surface area (Å²) in [5.74, 6) is -0.240. The Labute approximate surface area is 68.2 Å². The molecule has 2 atom stereocenters. The Balaban J connectivity index is 3.87. The molecule has 0 aliphatic carbocycles. The van der Waals surface area contributed by atoms with Gasteiger partial charge in [0, 0.05) is 6.08 Å². The molecule has 63 valence electrons.